The fourth-order valence-corrected chi connectivity index (χ4v) is 2.39. The molecule has 0 aliphatic carbocycles. The van der Waals surface area contributed by atoms with Gasteiger partial charge in [-0.1, -0.05) is 5.21 Å². The Kier molecular flexibility index (Phi) is 3.86. The first-order valence-electron chi connectivity index (χ1n) is 6.44. The van der Waals surface area contributed by atoms with E-state index in [1.807, 2.05) is 25.7 Å². The lowest BCUT2D eigenvalue weighted by atomic mass is 10.1. The van der Waals surface area contributed by atoms with Crippen LogP contribution >= 0.6 is 0 Å². The molecule has 1 unspecified atom stereocenters. The van der Waals surface area contributed by atoms with E-state index in [0.717, 1.165) is 0 Å². The maximum absolute atomic E-state index is 12.2. The van der Waals surface area contributed by atoms with Crippen LogP contribution in [0.15, 0.2) is 6.20 Å². The highest BCUT2D eigenvalue weighted by atomic mass is 16.5. The lowest BCUT2D eigenvalue weighted by molar-refractivity contribution is -0.158. The molecule has 1 saturated heterocycles. The minimum absolute atomic E-state index is 0.0247. The Morgan fingerprint density at radius 3 is 2.95 bits per heavy atom. The summed E-state index contributed by atoms with van der Waals surface area (Å²) < 4.78 is 7.31. The maximum atomic E-state index is 12.2. The van der Waals surface area contributed by atoms with Crippen LogP contribution in [0.3, 0.4) is 0 Å². The number of carbonyl (C=O) groups is 1. The zero-order valence-electron chi connectivity index (χ0n) is 11.7. The number of carbonyl (C=O) groups excluding carboxylic acids is 1. The Morgan fingerprint density at radius 1 is 1.63 bits per heavy atom. The van der Waals surface area contributed by atoms with Gasteiger partial charge in [0.25, 0.3) is 0 Å². The fourth-order valence-electron chi connectivity index (χ4n) is 2.39. The van der Waals surface area contributed by atoms with Crippen molar-refractivity contribution in [2.24, 2.45) is 5.73 Å². The Labute approximate surface area is 112 Å². The number of nitrogens with zero attached hydrogens (tertiary/aromatic N) is 4. The van der Waals surface area contributed by atoms with Crippen molar-refractivity contribution in [2.45, 2.75) is 45.6 Å². The van der Waals surface area contributed by atoms with Gasteiger partial charge in [0.05, 0.1) is 23.6 Å². The van der Waals surface area contributed by atoms with Crippen molar-refractivity contribution in [3.05, 3.63) is 11.9 Å². The van der Waals surface area contributed by atoms with Crippen LogP contribution in [0.5, 0.6) is 0 Å². The molecule has 19 heavy (non-hydrogen) atoms. The number of rotatable bonds is 3. The number of hydrogen-bond donors (Lipinski definition) is 1. The van der Waals surface area contributed by atoms with Crippen LogP contribution in [0, 0.1) is 0 Å². The standard InChI is InChI=1S/C12H21N5O2/c1-9-5-16(8-12(2,3)19-9)11(18)7-17-6-10(4-13)14-15-17/h6,9H,4-5,7-8,13H2,1-3H3. The first-order valence-corrected chi connectivity index (χ1v) is 6.44. The van der Waals surface area contributed by atoms with Gasteiger partial charge in [-0.15, -0.1) is 5.10 Å². The maximum Gasteiger partial charge on any atom is 0.244 e. The van der Waals surface area contributed by atoms with E-state index in [2.05, 4.69) is 10.3 Å². The van der Waals surface area contributed by atoms with Crippen LogP contribution in [0.1, 0.15) is 26.5 Å². The van der Waals surface area contributed by atoms with Crippen LogP contribution in [-0.2, 0) is 22.6 Å². The van der Waals surface area contributed by atoms with Crippen LogP contribution < -0.4 is 5.73 Å². The van der Waals surface area contributed by atoms with Gasteiger partial charge < -0.3 is 15.4 Å². The van der Waals surface area contributed by atoms with Gasteiger partial charge in [0.2, 0.25) is 5.91 Å². The van der Waals surface area contributed by atoms with E-state index >= 15 is 0 Å². The quantitative estimate of drug-likeness (QED) is 0.817. The molecule has 7 heteroatoms. The van der Waals surface area contributed by atoms with Crippen molar-refractivity contribution >= 4 is 5.91 Å². The molecule has 106 valence electrons. The van der Waals surface area contributed by atoms with Gasteiger partial charge in [0.1, 0.15) is 6.54 Å². The molecule has 2 rings (SSSR count). The van der Waals surface area contributed by atoms with Gasteiger partial charge in [0, 0.05) is 19.6 Å². The molecular formula is C12H21N5O2. The third kappa shape index (κ3) is 3.51. The minimum Gasteiger partial charge on any atom is -0.369 e. The van der Waals surface area contributed by atoms with Gasteiger partial charge in [-0.05, 0) is 20.8 Å². The second-order valence-corrected chi connectivity index (χ2v) is 5.57. The third-order valence-electron chi connectivity index (χ3n) is 3.01. The minimum atomic E-state index is -0.307. The normalized spacial score (nSPS) is 22.5. The van der Waals surface area contributed by atoms with Crippen molar-refractivity contribution in [3.63, 3.8) is 0 Å². The van der Waals surface area contributed by atoms with Gasteiger partial charge in [-0.3, -0.25) is 4.79 Å². The monoisotopic (exact) mass is 267 g/mol. The van der Waals surface area contributed by atoms with E-state index in [4.69, 9.17) is 10.5 Å². The molecule has 2 N–H and O–H groups in total. The van der Waals surface area contributed by atoms with Gasteiger partial charge >= 0.3 is 0 Å². The van der Waals surface area contributed by atoms with E-state index in [1.165, 1.54) is 4.68 Å². The molecule has 7 nitrogen and oxygen atoms in total. The van der Waals surface area contributed by atoms with Crippen LogP contribution in [0.25, 0.3) is 0 Å². The smallest absolute Gasteiger partial charge is 0.244 e. The zero-order chi connectivity index (χ0) is 14.0. The molecule has 1 aliphatic rings. The molecule has 2 heterocycles. The Balaban J connectivity index is 1.99. The summed E-state index contributed by atoms with van der Waals surface area (Å²) in [5.41, 5.74) is 5.84. The van der Waals surface area contributed by atoms with Crippen molar-refractivity contribution < 1.29 is 9.53 Å². The van der Waals surface area contributed by atoms with Crippen LogP contribution in [0.2, 0.25) is 0 Å². The predicted octanol–water partition coefficient (Wildman–Crippen LogP) is -0.237. The van der Waals surface area contributed by atoms with Gasteiger partial charge in [-0.25, -0.2) is 4.68 Å². The summed E-state index contributed by atoms with van der Waals surface area (Å²) in [6.45, 7) is 7.68. The van der Waals surface area contributed by atoms with Gasteiger partial charge in [0.15, 0.2) is 0 Å². The molecule has 0 bridgehead atoms. The second kappa shape index (κ2) is 5.26. The van der Waals surface area contributed by atoms with E-state index in [1.54, 1.807) is 6.20 Å². The van der Waals surface area contributed by atoms with E-state index < -0.39 is 0 Å². The summed E-state index contributed by atoms with van der Waals surface area (Å²) in [7, 11) is 0. The number of amides is 1. The summed E-state index contributed by atoms with van der Waals surface area (Å²) in [6, 6.07) is 0. The number of ether oxygens (including phenoxy) is 1. The molecule has 1 aromatic heterocycles. The molecule has 1 amide bonds. The highest BCUT2D eigenvalue weighted by Gasteiger charge is 2.33. The largest absolute Gasteiger partial charge is 0.369 e. The SMILES string of the molecule is CC1CN(C(=O)Cn2cc(CN)nn2)CC(C)(C)O1. The molecule has 0 aromatic carbocycles. The Bertz CT molecular complexity index is 457. The molecule has 0 saturated carbocycles. The van der Waals surface area contributed by atoms with Crippen molar-refractivity contribution in [1.82, 2.24) is 19.9 Å². The topological polar surface area (TPSA) is 86.3 Å². The van der Waals surface area contributed by atoms with Crippen molar-refractivity contribution in [1.29, 1.82) is 0 Å². The molecule has 0 spiro atoms. The van der Waals surface area contributed by atoms with Crippen LogP contribution in [-0.4, -0.2) is 50.6 Å². The predicted molar refractivity (Wildman–Crippen MR) is 69.1 cm³/mol. The van der Waals surface area contributed by atoms with E-state index in [0.29, 0.717) is 25.3 Å². The lowest BCUT2D eigenvalue weighted by Crippen LogP contribution is -2.54. The molecular weight excluding hydrogens is 246 g/mol. The Hall–Kier alpha value is -1.47. The highest BCUT2D eigenvalue weighted by Crippen LogP contribution is 2.20. The Morgan fingerprint density at radius 2 is 2.37 bits per heavy atom. The van der Waals surface area contributed by atoms with Gasteiger partial charge in [-0.2, -0.15) is 0 Å². The summed E-state index contributed by atoms with van der Waals surface area (Å²) in [5.74, 6) is 0.0247. The summed E-state index contributed by atoms with van der Waals surface area (Å²) in [4.78, 5) is 14.1. The average molecular weight is 267 g/mol. The summed E-state index contributed by atoms with van der Waals surface area (Å²) in [5, 5.41) is 7.75. The summed E-state index contributed by atoms with van der Waals surface area (Å²) >= 11 is 0. The third-order valence-corrected chi connectivity index (χ3v) is 3.01. The van der Waals surface area contributed by atoms with Crippen molar-refractivity contribution in [3.8, 4) is 0 Å². The average Bonchev–Trinajstić information content (AvgIpc) is 2.74. The molecule has 0 radical (unpaired) electrons. The number of nitrogens with two attached hydrogens (primary N) is 1. The highest BCUT2D eigenvalue weighted by molar-refractivity contribution is 5.76. The first-order chi connectivity index (χ1) is 8.89. The summed E-state index contributed by atoms with van der Waals surface area (Å²) in [6.07, 6.45) is 1.75. The van der Waals surface area contributed by atoms with E-state index in [-0.39, 0.29) is 24.2 Å². The first kappa shape index (κ1) is 14.0. The fraction of sp³-hybridized carbons (Fsp3) is 0.750. The molecule has 1 aromatic rings. The number of morpholine rings is 1. The molecule has 1 atom stereocenters. The molecule has 1 aliphatic heterocycles. The van der Waals surface area contributed by atoms with Crippen LogP contribution in [0.4, 0.5) is 0 Å². The van der Waals surface area contributed by atoms with E-state index in [9.17, 15) is 4.79 Å². The molecule has 1 fully saturated rings. The lowest BCUT2D eigenvalue weighted by Gasteiger charge is -2.41. The number of hydrogen-bond acceptors (Lipinski definition) is 5. The van der Waals surface area contributed by atoms with Crippen molar-refractivity contribution in [2.75, 3.05) is 13.1 Å². The second-order valence-electron chi connectivity index (χ2n) is 5.57. The number of aromatic nitrogens is 3. The zero-order valence-corrected chi connectivity index (χ0v) is 11.7.